The van der Waals surface area contributed by atoms with Crippen molar-refractivity contribution in [1.82, 2.24) is 14.8 Å². The minimum atomic E-state index is -0.324. The Hall–Kier alpha value is -2.97. The molecule has 3 aromatic rings. The van der Waals surface area contributed by atoms with E-state index in [2.05, 4.69) is 15.2 Å². The van der Waals surface area contributed by atoms with Crippen LogP contribution >= 0.6 is 11.3 Å². The maximum Gasteiger partial charge on any atom is 0.291 e. The van der Waals surface area contributed by atoms with Crippen molar-refractivity contribution in [2.24, 2.45) is 0 Å². The summed E-state index contributed by atoms with van der Waals surface area (Å²) in [5, 5.41) is 3.38. The molecule has 0 bridgehead atoms. The number of nitrogens with one attached hydrogen (secondary N) is 1. The van der Waals surface area contributed by atoms with Gasteiger partial charge in [-0.25, -0.2) is 0 Å². The van der Waals surface area contributed by atoms with Gasteiger partial charge in [0, 0.05) is 45.1 Å². The van der Waals surface area contributed by atoms with Crippen LogP contribution < -0.4 is 5.32 Å². The van der Waals surface area contributed by atoms with Gasteiger partial charge in [-0.3, -0.25) is 19.5 Å². The Balaban J connectivity index is 1.30. The predicted octanol–water partition coefficient (Wildman–Crippen LogP) is 2.95. The quantitative estimate of drug-likeness (QED) is 0.717. The first-order valence-electron chi connectivity index (χ1n) is 9.04. The van der Waals surface area contributed by atoms with Crippen molar-refractivity contribution in [3.05, 3.63) is 71.3 Å². The summed E-state index contributed by atoms with van der Waals surface area (Å²) in [7, 11) is 0. The first-order chi connectivity index (χ1) is 13.7. The fraction of sp³-hybridized carbons (Fsp3) is 0.250. The second-order valence-electron chi connectivity index (χ2n) is 6.52. The van der Waals surface area contributed by atoms with Crippen molar-refractivity contribution in [2.75, 3.05) is 31.5 Å². The van der Waals surface area contributed by atoms with Crippen LogP contribution in [0.3, 0.4) is 0 Å². The minimum absolute atomic E-state index is 0.00654. The lowest BCUT2D eigenvalue weighted by atomic mass is 10.2. The third kappa shape index (κ3) is 4.29. The maximum absolute atomic E-state index is 12.8. The second kappa shape index (κ2) is 8.37. The molecule has 0 radical (unpaired) electrons. The molecule has 1 N–H and O–H groups in total. The third-order valence-electron chi connectivity index (χ3n) is 4.61. The number of piperazine rings is 1. The molecule has 4 heterocycles. The first-order valence-corrected chi connectivity index (χ1v) is 9.86. The molecule has 8 heteroatoms. The Morgan fingerprint density at radius 2 is 1.86 bits per heavy atom. The molecule has 0 spiro atoms. The number of nitrogens with zero attached hydrogens (tertiary/aromatic N) is 3. The van der Waals surface area contributed by atoms with Crippen molar-refractivity contribution in [3.63, 3.8) is 0 Å². The van der Waals surface area contributed by atoms with E-state index < -0.39 is 0 Å². The molecule has 0 aromatic carbocycles. The molecular formula is C20H20N4O3S. The summed E-state index contributed by atoms with van der Waals surface area (Å²) in [5.41, 5.74) is 1.23. The van der Waals surface area contributed by atoms with Crippen LogP contribution in [0.15, 0.2) is 59.5 Å². The molecule has 7 nitrogen and oxygen atoms in total. The van der Waals surface area contributed by atoms with Gasteiger partial charge in [-0.2, -0.15) is 0 Å². The van der Waals surface area contributed by atoms with Gasteiger partial charge in [-0.05, 0) is 42.0 Å². The lowest BCUT2D eigenvalue weighted by molar-refractivity contribution is 0.0633. The van der Waals surface area contributed by atoms with Gasteiger partial charge in [0.15, 0.2) is 5.76 Å². The summed E-state index contributed by atoms with van der Waals surface area (Å²) in [6, 6.07) is 10.8. The molecule has 0 atom stereocenters. The molecular weight excluding hydrogens is 376 g/mol. The van der Waals surface area contributed by atoms with E-state index in [9.17, 15) is 9.59 Å². The SMILES string of the molecule is O=C(Nc1ccc(C(=O)N2CCN(Cc3ccncc3)CC2)s1)c1ccco1. The number of furan rings is 1. The summed E-state index contributed by atoms with van der Waals surface area (Å²) in [4.78, 5) is 33.7. The summed E-state index contributed by atoms with van der Waals surface area (Å²) in [5.74, 6) is -0.0748. The molecule has 0 unspecified atom stereocenters. The summed E-state index contributed by atoms with van der Waals surface area (Å²) >= 11 is 1.28. The number of carbonyl (C=O) groups excluding carboxylic acids is 2. The van der Waals surface area contributed by atoms with E-state index in [-0.39, 0.29) is 17.6 Å². The Morgan fingerprint density at radius 3 is 2.57 bits per heavy atom. The summed E-state index contributed by atoms with van der Waals surface area (Å²) in [6.07, 6.45) is 5.05. The Morgan fingerprint density at radius 1 is 1.07 bits per heavy atom. The highest BCUT2D eigenvalue weighted by molar-refractivity contribution is 7.18. The zero-order valence-electron chi connectivity index (χ0n) is 15.2. The fourth-order valence-electron chi connectivity index (χ4n) is 3.11. The number of pyridine rings is 1. The van der Waals surface area contributed by atoms with Crippen LogP contribution in [0.2, 0.25) is 0 Å². The van der Waals surface area contributed by atoms with E-state index in [1.54, 1.807) is 36.7 Å². The van der Waals surface area contributed by atoms with Crippen molar-refractivity contribution in [1.29, 1.82) is 0 Å². The van der Waals surface area contributed by atoms with Gasteiger partial charge in [0.2, 0.25) is 0 Å². The van der Waals surface area contributed by atoms with Crippen LogP contribution in [-0.4, -0.2) is 52.8 Å². The largest absolute Gasteiger partial charge is 0.459 e. The van der Waals surface area contributed by atoms with Gasteiger partial charge in [0.1, 0.15) is 0 Å². The van der Waals surface area contributed by atoms with E-state index >= 15 is 0 Å². The van der Waals surface area contributed by atoms with E-state index in [1.165, 1.54) is 23.2 Å². The van der Waals surface area contributed by atoms with Gasteiger partial charge in [-0.1, -0.05) is 0 Å². The number of thiophene rings is 1. The molecule has 1 fully saturated rings. The molecule has 1 saturated heterocycles. The van der Waals surface area contributed by atoms with Crippen LogP contribution in [-0.2, 0) is 6.54 Å². The number of carbonyl (C=O) groups is 2. The number of hydrogen-bond donors (Lipinski definition) is 1. The summed E-state index contributed by atoms with van der Waals surface area (Å²) < 4.78 is 5.08. The highest BCUT2D eigenvalue weighted by Crippen LogP contribution is 2.24. The lowest BCUT2D eigenvalue weighted by Crippen LogP contribution is -2.48. The van der Waals surface area contributed by atoms with E-state index in [0.29, 0.717) is 23.0 Å². The monoisotopic (exact) mass is 396 g/mol. The standard InChI is InChI=1S/C20H20N4O3S/c25-19(16-2-1-13-27-16)22-18-4-3-17(28-18)20(26)24-11-9-23(10-12-24)14-15-5-7-21-8-6-15/h1-8,13H,9-12,14H2,(H,22,25). The van der Waals surface area contributed by atoms with Crippen LogP contribution in [0.1, 0.15) is 25.8 Å². The van der Waals surface area contributed by atoms with Crippen LogP contribution in [0, 0.1) is 0 Å². The molecule has 0 saturated carbocycles. The van der Waals surface area contributed by atoms with Crippen molar-refractivity contribution >= 4 is 28.2 Å². The Labute approximate surface area is 166 Å². The van der Waals surface area contributed by atoms with Gasteiger partial charge in [-0.15, -0.1) is 11.3 Å². The fourth-order valence-corrected chi connectivity index (χ4v) is 3.98. The number of anilines is 1. The average molecular weight is 396 g/mol. The van der Waals surface area contributed by atoms with Crippen LogP contribution in [0.5, 0.6) is 0 Å². The van der Waals surface area contributed by atoms with E-state index in [4.69, 9.17) is 4.42 Å². The van der Waals surface area contributed by atoms with Crippen molar-refractivity contribution in [3.8, 4) is 0 Å². The lowest BCUT2D eigenvalue weighted by Gasteiger charge is -2.34. The Bertz CT molecular complexity index is 932. The Kier molecular flexibility index (Phi) is 5.50. The van der Waals surface area contributed by atoms with Crippen molar-refractivity contribution in [2.45, 2.75) is 6.54 Å². The van der Waals surface area contributed by atoms with Gasteiger partial charge < -0.3 is 14.6 Å². The summed E-state index contributed by atoms with van der Waals surface area (Å²) in [6.45, 7) is 3.92. The smallest absolute Gasteiger partial charge is 0.291 e. The van der Waals surface area contributed by atoms with Gasteiger partial charge in [0.25, 0.3) is 11.8 Å². The second-order valence-corrected chi connectivity index (χ2v) is 7.60. The zero-order chi connectivity index (χ0) is 19.3. The molecule has 4 rings (SSSR count). The van der Waals surface area contributed by atoms with E-state index in [0.717, 1.165) is 19.6 Å². The van der Waals surface area contributed by atoms with Crippen LogP contribution in [0.4, 0.5) is 5.00 Å². The maximum atomic E-state index is 12.8. The minimum Gasteiger partial charge on any atom is -0.459 e. The molecule has 3 aromatic heterocycles. The van der Waals surface area contributed by atoms with Gasteiger partial charge in [0.05, 0.1) is 16.1 Å². The van der Waals surface area contributed by atoms with Crippen molar-refractivity contribution < 1.29 is 14.0 Å². The number of hydrogen-bond acceptors (Lipinski definition) is 6. The van der Waals surface area contributed by atoms with Crippen LogP contribution in [0.25, 0.3) is 0 Å². The zero-order valence-corrected chi connectivity index (χ0v) is 16.0. The number of rotatable bonds is 5. The molecule has 1 aliphatic heterocycles. The highest BCUT2D eigenvalue weighted by Gasteiger charge is 2.23. The molecule has 2 amide bonds. The molecule has 0 aliphatic carbocycles. The van der Waals surface area contributed by atoms with E-state index in [1.807, 2.05) is 17.0 Å². The topological polar surface area (TPSA) is 78.7 Å². The normalized spacial score (nSPS) is 14.8. The molecule has 1 aliphatic rings. The third-order valence-corrected chi connectivity index (χ3v) is 5.60. The highest BCUT2D eigenvalue weighted by atomic mass is 32.1. The van der Waals surface area contributed by atoms with Gasteiger partial charge >= 0.3 is 0 Å². The first kappa shape index (κ1) is 18.4. The average Bonchev–Trinajstić information content (AvgIpc) is 3.41. The predicted molar refractivity (Wildman–Crippen MR) is 106 cm³/mol. The molecule has 144 valence electrons. The number of aromatic nitrogens is 1. The number of amides is 2. The molecule has 28 heavy (non-hydrogen) atoms.